The summed E-state index contributed by atoms with van der Waals surface area (Å²) in [4.78, 5) is 23.7. The number of aromatic nitrogens is 2. The molecule has 1 aromatic heterocycles. The summed E-state index contributed by atoms with van der Waals surface area (Å²) in [5.41, 5.74) is 0.403. The number of imide groups is 1. The normalized spacial score (nSPS) is 10.3. The highest BCUT2D eigenvalue weighted by atomic mass is 32.2. The first kappa shape index (κ1) is 16.8. The maximum absolute atomic E-state index is 11.9. The number of methoxy groups -OCH3 is 1. The summed E-state index contributed by atoms with van der Waals surface area (Å²) in [5, 5.41) is 10.2. The van der Waals surface area contributed by atoms with Gasteiger partial charge < -0.3 is 4.74 Å². The Bertz CT molecular complexity index is 658. The second-order valence-corrected chi connectivity index (χ2v) is 7.19. The van der Waals surface area contributed by atoms with E-state index in [1.165, 1.54) is 34.9 Å². The molecular formula is C13H13N3O3S3. The molecule has 0 unspecified atom stereocenters. The van der Waals surface area contributed by atoms with Crippen LogP contribution in [0.3, 0.4) is 0 Å². The van der Waals surface area contributed by atoms with Crippen LogP contribution in [0.15, 0.2) is 32.9 Å². The smallest absolute Gasteiger partial charge is 0.257 e. The number of ether oxygens (including phenoxy) is 1. The minimum atomic E-state index is -0.435. The maximum atomic E-state index is 11.9. The summed E-state index contributed by atoms with van der Waals surface area (Å²) < 4.78 is 6.56. The molecule has 1 N–H and O–H groups in total. The molecule has 1 heterocycles. The fourth-order valence-corrected chi connectivity index (χ4v) is 3.68. The van der Waals surface area contributed by atoms with Crippen molar-refractivity contribution < 1.29 is 14.3 Å². The average molecular weight is 355 g/mol. The molecule has 0 aliphatic rings. The van der Waals surface area contributed by atoms with Gasteiger partial charge in [-0.25, -0.2) is 0 Å². The van der Waals surface area contributed by atoms with Gasteiger partial charge in [0.05, 0.1) is 12.9 Å². The summed E-state index contributed by atoms with van der Waals surface area (Å²) in [6.45, 7) is 0. The maximum Gasteiger partial charge on any atom is 0.257 e. The number of carbonyl (C=O) groups is 2. The largest absolute Gasteiger partial charge is 0.497 e. The number of benzene rings is 1. The van der Waals surface area contributed by atoms with E-state index in [1.54, 1.807) is 31.4 Å². The molecule has 0 atom stereocenters. The Morgan fingerprint density at radius 1 is 1.23 bits per heavy atom. The number of nitrogens with one attached hydrogen (secondary N) is 1. The Kier molecular flexibility index (Phi) is 6.22. The van der Waals surface area contributed by atoms with Crippen molar-refractivity contribution in [2.75, 3.05) is 19.1 Å². The number of amides is 2. The van der Waals surface area contributed by atoms with Gasteiger partial charge in [0.15, 0.2) is 8.68 Å². The van der Waals surface area contributed by atoms with Gasteiger partial charge >= 0.3 is 0 Å². The van der Waals surface area contributed by atoms with Crippen LogP contribution in [0, 0.1) is 0 Å². The molecule has 116 valence electrons. The number of nitrogens with zero attached hydrogens (tertiary/aromatic N) is 2. The lowest BCUT2D eigenvalue weighted by molar-refractivity contribution is -0.117. The van der Waals surface area contributed by atoms with Crippen molar-refractivity contribution >= 4 is 46.7 Å². The number of thioether (sulfide) groups is 2. The second kappa shape index (κ2) is 8.16. The van der Waals surface area contributed by atoms with E-state index in [0.29, 0.717) is 15.7 Å². The fraction of sp³-hybridized carbons (Fsp3) is 0.231. The van der Waals surface area contributed by atoms with Crippen molar-refractivity contribution in [1.29, 1.82) is 0 Å². The van der Waals surface area contributed by atoms with Crippen LogP contribution in [0.5, 0.6) is 5.75 Å². The Balaban J connectivity index is 1.84. The van der Waals surface area contributed by atoms with Gasteiger partial charge in [-0.3, -0.25) is 14.9 Å². The fourth-order valence-electron chi connectivity index (χ4n) is 1.44. The molecule has 6 nitrogen and oxygen atoms in total. The molecular weight excluding hydrogens is 342 g/mol. The van der Waals surface area contributed by atoms with Crippen LogP contribution in [0.25, 0.3) is 0 Å². The van der Waals surface area contributed by atoms with Crippen LogP contribution in [-0.2, 0) is 4.79 Å². The Morgan fingerprint density at radius 2 is 1.91 bits per heavy atom. The SMILES string of the molecule is COc1ccc(C(=O)NC(=O)CSc2nnc(SC)s2)cc1. The second-order valence-electron chi connectivity index (χ2n) is 3.93. The lowest BCUT2D eigenvalue weighted by Crippen LogP contribution is -2.31. The van der Waals surface area contributed by atoms with E-state index in [-0.39, 0.29) is 11.7 Å². The first-order chi connectivity index (χ1) is 10.6. The van der Waals surface area contributed by atoms with Gasteiger partial charge in [0.1, 0.15) is 5.75 Å². The van der Waals surface area contributed by atoms with Crippen LogP contribution in [0.1, 0.15) is 10.4 Å². The summed E-state index contributed by atoms with van der Waals surface area (Å²) in [6.07, 6.45) is 1.91. The highest BCUT2D eigenvalue weighted by Crippen LogP contribution is 2.27. The van der Waals surface area contributed by atoms with Gasteiger partial charge in [-0.1, -0.05) is 34.9 Å². The van der Waals surface area contributed by atoms with Crippen molar-refractivity contribution in [3.8, 4) is 5.75 Å². The summed E-state index contributed by atoms with van der Waals surface area (Å²) >= 11 is 4.18. The number of hydrogen-bond donors (Lipinski definition) is 1. The predicted octanol–water partition coefficient (Wildman–Crippen LogP) is 2.32. The zero-order chi connectivity index (χ0) is 15.9. The molecule has 0 spiro atoms. The zero-order valence-corrected chi connectivity index (χ0v) is 14.3. The molecule has 0 aliphatic carbocycles. The van der Waals surface area contributed by atoms with E-state index in [2.05, 4.69) is 15.5 Å². The molecule has 1 aromatic carbocycles. The molecule has 0 radical (unpaired) electrons. The van der Waals surface area contributed by atoms with E-state index in [0.717, 1.165) is 4.34 Å². The van der Waals surface area contributed by atoms with Crippen molar-refractivity contribution in [2.45, 2.75) is 8.68 Å². The number of hydrogen-bond acceptors (Lipinski definition) is 8. The molecule has 22 heavy (non-hydrogen) atoms. The number of rotatable bonds is 6. The van der Waals surface area contributed by atoms with Crippen molar-refractivity contribution in [2.24, 2.45) is 0 Å². The van der Waals surface area contributed by atoms with Gasteiger partial charge in [0.25, 0.3) is 5.91 Å². The molecule has 0 saturated carbocycles. The minimum Gasteiger partial charge on any atom is -0.497 e. The third kappa shape index (κ3) is 4.72. The first-order valence-electron chi connectivity index (χ1n) is 6.11. The van der Waals surface area contributed by atoms with Gasteiger partial charge in [-0.2, -0.15) is 0 Å². The summed E-state index contributed by atoms with van der Waals surface area (Å²) in [5.74, 6) is -0.0356. The molecule has 0 fully saturated rings. The van der Waals surface area contributed by atoms with E-state index in [1.807, 2.05) is 6.26 Å². The van der Waals surface area contributed by atoms with Gasteiger partial charge in [0.2, 0.25) is 5.91 Å². The molecule has 9 heteroatoms. The van der Waals surface area contributed by atoms with E-state index >= 15 is 0 Å². The molecule has 0 bridgehead atoms. The van der Waals surface area contributed by atoms with Gasteiger partial charge in [-0.15, -0.1) is 10.2 Å². The minimum absolute atomic E-state index is 0.116. The monoisotopic (exact) mass is 355 g/mol. The van der Waals surface area contributed by atoms with Gasteiger partial charge in [0, 0.05) is 5.56 Å². The topological polar surface area (TPSA) is 81.2 Å². The predicted molar refractivity (Wildman–Crippen MR) is 87.9 cm³/mol. The van der Waals surface area contributed by atoms with Crippen LogP contribution in [-0.4, -0.2) is 41.1 Å². The molecule has 2 aromatic rings. The zero-order valence-electron chi connectivity index (χ0n) is 11.9. The summed E-state index contributed by atoms with van der Waals surface area (Å²) in [7, 11) is 1.55. The quantitative estimate of drug-likeness (QED) is 0.796. The van der Waals surface area contributed by atoms with Gasteiger partial charge in [-0.05, 0) is 30.5 Å². The highest BCUT2D eigenvalue weighted by Gasteiger charge is 2.12. The van der Waals surface area contributed by atoms with Crippen LogP contribution < -0.4 is 10.1 Å². The Hall–Kier alpha value is -1.58. The molecule has 2 rings (SSSR count). The van der Waals surface area contributed by atoms with Crippen LogP contribution >= 0.6 is 34.9 Å². The first-order valence-corrected chi connectivity index (χ1v) is 9.13. The van der Waals surface area contributed by atoms with E-state index < -0.39 is 5.91 Å². The van der Waals surface area contributed by atoms with Crippen molar-refractivity contribution in [3.05, 3.63) is 29.8 Å². The molecule has 2 amide bonds. The standard InChI is InChI=1S/C13H13N3O3S3/c1-19-9-5-3-8(4-6-9)11(18)14-10(17)7-21-13-16-15-12(20-2)22-13/h3-6H,7H2,1-2H3,(H,14,17,18). The lowest BCUT2D eigenvalue weighted by Gasteiger charge is -2.04. The molecule has 0 saturated heterocycles. The van der Waals surface area contributed by atoms with Crippen molar-refractivity contribution in [1.82, 2.24) is 15.5 Å². The average Bonchev–Trinajstić information content (AvgIpc) is 3.01. The van der Waals surface area contributed by atoms with E-state index in [4.69, 9.17) is 4.74 Å². The third-order valence-electron chi connectivity index (χ3n) is 2.49. The Morgan fingerprint density at radius 3 is 2.50 bits per heavy atom. The van der Waals surface area contributed by atoms with E-state index in [9.17, 15) is 9.59 Å². The third-order valence-corrected chi connectivity index (χ3v) is 5.53. The highest BCUT2D eigenvalue weighted by molar-refractivity contribution is 8.03. The van der Waals surface area contributed by atoms with Crippen LogP contribution in [0.4, 0.5) is 0 Å². The summed E-state index contributed by atoms with van der Waals surface area (Å²) in [6, 6.07) is 6.53. The van der Waals surface area contributed by atoms with Crippen molar-refractivity contribution in [3.63, 3.8) is 0 Å². The lowest BCUT2D eigenvalue weighted by atomic mass is 10.2. The Labute approximate surface area is 140 Å². The van der Waals surface area contributed by atoms with Crippen LogP contribution in [0.2, 0.25) is 0 Å². The molecule has 0 aliphatic heterocycles. The number of carbonyl (C=O) groups excluding carboxylic acids is 2.